The van der Waals surface area contributed by atoms with E-state index in [4.69, 9.17) is 11.6 Å². The van der Waals surface area contributed by atoms with Crippen molar-refractivity contribution < 1.29 is 9.59 Å². The van der Waals surface area contributed by atoms with Gasteiger partial charge < -0.3 is 4.90 Å². The van der Waals surface area contributed by atoms with Crippen molar-refractivity contribution in [2.45, 2.75) is 25.4 Å². The summed E-state index contributed by atoms with van der Waals surface area (Å²) in [5.74, 6) is -0.166. The summed E-state index contributed by atoms with van der Waals surface area (Å²) in [6, 6.07) is 9.56. The molecule has 1 aromatic carbocycles. The molecular weight excluding hydrogens is 302 g/mol. The summed E-state index contributed by atoms with van der Waals surface area (Å²) < 4.78 is 0. The van der Waals surface area contributed by atoms with Crippen LogP contribution in [0, 0.1) is 0 Å². The quantitative estimate of drug-likeness (QED) is 0.646. The second-order valence-corrected chi connectivity index (χ2v) is 6.11. The van der Waals surface area contributed by atoms with E-state index in [0.717, 1.165) is 23.7 Å². The van der Waals surface area contributed by atoms with Crippen LogP contribution in [0.2, 0.25) is 5.15 Å². The third-order valence-electron chi connectivity index (χ3n) is 4.15. The van der Waals surface area contributed by atoms with E-state index in [1.54, 1.807) is 4.90 Å². The summed E-state index contributed by atoms with van der Waals surface area (Å²) in [4.78, 5) is 31.7. The van der Waals surface area contributed by atoms with Gasteiger partial charge in [0.05, 0.1) is 12.1 Å². The lowest BCUT2D eigenvalue weighted by atomic mass is 10.1. The summed E-state index contributed by atoms with van der Waals surface area (Å²) in [6.07, 6.45) is 1.98. The first kappa shape index (κ1) is 13.5. The van der Waals surface area contributed by atoms with Crippen LogP contribution in [0.3, 0.4) is 0 Å². The minimum absolute atomic E-state index is 0.166. The van der Waals surface area contributed by atoms with Crippen molar-refractivity contribution in [3.05, 3.63) is 41.0 Å². The molecule has 0 unspecified atom stereocenters. The zero-order valence-electron chi connectivity index (χ0n) is 11.8. The summed E-state index contributed by atoms with van der Waals surface area (Å²) in [5.41, 5.74) is 1.50. The van der Waals surface area contributed by atoms with E-state index < -0.39 is 0 Å². The number of benzene rings is 1. The van der Waals surface area contributed by atoms with Crippen LogP contribution in [-0.2, 0) is 11.3 Å². The summed E-state index contributed by atoms with van der Waals surface area (Å²) in [6.45, 7) is 0.361. The van der Waals surface area contributed by atoms with Crippen molar-refractivity contribution in [3.8, 4) is 0 Å². The molecule has 2 aliphatic rings. The fourth-order valence-electron chi connectivity index (χ4n) is 2.81. The number of pyridine rings is 1. The lowest BCUT2D eigenvalue weighted by Crippen LogP contribution is -2.33. The van der Waals surface area contributed by atoms with Crippen LogP contribution in [0.15, 0.2) is 30.3 Å². The number of nitrogens with zero attached hydrogens (tertiary/aromatic N) is 3. The van der Waals surface area contributed by atoms with Crippen molar-refractivity contribution in [2.75, 3.05) is 6.54 Å². The van der Waals surface area contributed by atoms with E-state index in [1.807, 2.05) is 30.3 Å². The minimum Gasteiger partial charge on any atom is -0.312 e. The van der Waals surface area contributed by atoms with E-state index in [1.165, 1.54) is 4.90 Å². The third kappa shape index (κ3) is 2.22. The molecular formula is C16H14ClN3O2. The fraction of sp³-hybridized carbons (Fsp3) is 0.312. The maximum atomic E-state index is 12.3. The predicted molar refractivity (Wildman–Crippen MR) is 82.4 cm³/mol. The zero-order valence-corrected chi connectivity index (χ0v) is 12.6. The van der Waals surface area contributed by atoms with Crippen LogP contribution >= 0.6 is 11.6 Å². The molecule has 5 nitrogen and oxygen atoms in total. The molecule has 1 saturated carbocycles. The van der Waals surface area contributed by atoms with Crippen LogP contribution in [0.1, 0.15) is 18.4 Å². The highest BCUT2D eigenvalue weighted by Gasteiger charge is 2.43. The molecule has 0 N–H and O–H groups in total. The highest BCUT2D eigenvalue weighted by Crippen LogP contribution is 2.31. The van der Waals surface area contributed by atoms with Gasteiger partial charge in [-0.2, -0.15) is 0 Å². The first-order valence-corrected chi connectivity index (χ1v) is 7.66. The van der Waals surface area contributed by atoms with Gasteiger partial charge in [-0.3, -0.25) is 9.69 Å². The summed E-state index contributed by atoms with van der Waals surface area (Å²) >= 11 is 6.21. The van der Waals surface area contributed by atoms with E-state index in [-0.39, 0.29) is 31.1 Å². The average molecular weight is 316 g/mol. The van der Waals surface area contributed by atoms with E-state index in [0.29, 0.717) is 10.7 Å². The monoisotopic (exact) mass is 315 g/mol. The van der Waals surface area contributed by atoms with Crippen molar-refractivity contribution in [1.29, 1.82) is 0 Å². The lowest BCUT2D eigenvalue weighted by Gasteiger charge is -2.17. The number of para-hydroxylation sites is 1. The number of carbonyl (C=O) groups excluding carboxylic acids is 2. The Balaban J connectivity index is 1.64. The Kier molecular flexibility index (Phi) is 3.04. The number of fused-ring (bicyclic) bond motifs is 1. The number of amides is 3. The first-order valence-electron chi connectivity index (χ1n) is 7.28. The van der Waals surface area contributed by atoms with Crippen molar-refractivity contribution in [2.24, 2.45) is 0 Å². The van der Waals surface area contributed by atoms with Crippen molar-refractivity contribution >= 4 is 34.4 Å². The molecule has 0 radical (unpaired) electrons. The van der Waals surface area contributed by atoms with Gasteiger partial charge in [-0.1, -0.05) is 29.8 Å². The Morgan fingerprint density at radius 3 is 2.77 bits per heavy atom. The molecule has 4 rings (SSSR count). The number of urea groups is 1. The smallest absolute Gasteiger partial charge is 0.312 e. The number of rotatable bonds is 3. The van der Waals surface area contributed by atoms with Crippen molar-refractivity contribution in [1.82, 2.24) is 14.8 Å². The molecule has 112 valence electrons. The molecule has 22 heavy (non-hydrogen) atoms. The first-order chi connectivity index (χ1) is 10.6. The van der Waals surface area contributed by atoms with Gasteiger partial charge >= 0.3 is 6.03 Å². The van der Waals surface area contributed by atoms with Crippen LogP contribution in [-0.4, -0.2) is 39.3 Å². The number of hydrogen-bond donors (Lipinski definition) is 0. The van der Waals surface area contributed by atoms with Gasteiger partial charge in [0.15, 0.2) is 0 Å². The lowest BCUT2D eigenvalue weighted by molar-refractivity contribution is -0.125. The Morgan fingerprint density at radius 2 is 2.00 bits per heavy atom. The molecule has 2 aromatic rings. The molecule has 2 heterocycles. The molecule has 2 fully saturated rings. The van der Waals surface area contributed by atoms with Gasteiger partial charge in [0.25, 0.3) is 5.91 Å². The molecule has 1 aliphatic heterocycles. The second-order valence-electron chi connectivity index (χ2n) is 5.75. The van der Waals surface area contributed by atoms with E-state index in [9.17, 15) is 9.59 Å². The number of halogens is 1. The average Bonchev–Trinajstić information content (AvgIpc) is 3.30. The Bertz CT molecular complexity index is 788. The minimum atomic E-state index is -0.211. The predicted octanol–water partition coefficient (Wildman–Crippen LogP) is 2.81. The van der Waals surface area contributed by atoms with Crippen LogP contribution in [0.4, 0.5) is 4.79 Å². The number of carbonyl (C=O) groups is 2. The molecule has 3 amide bonds. The van der Waals surface area contributed by atoms with Gasteiger partial charge in [-0.05, 0) is 25.0 Å². The highest BCUT2D eigenvalue weighted by molar-refractivity contribution is 6.30. The SMILES string of the molecule is O=C1CN(C2CC2)C(=O)N1Cc1cc2ccccc2nc1Cl. The molecule has 0 atom stereocenters. The normalized spacial score (nSPS) is 18.6. The molecule has 1 aliphatic carbocycles. The van der Waals surface area contributed by atoms with Gasteiger partial charge in [-0.15, -0.1) is 0 Å². The van der Waals surface area contributed by atoms with Crippen LogP contribution in [0.5, 0.6) is 0 Å². The Labute approximate surface area is 132 Å². The number of imide groups is 1. The zero-order chi connectivity index (χ0) is 15.3. The number of aromatic nitrogens is 1. The van der Waals surface area contributed by atoms with Crippen LogP contribution in [0.25, 0.3) is 10.9 Å². The highest BCUT2D eigenvalue weighted by atomic mass is 35.5. The summed E-state index contributed by atoms with van der Waals surface area (Å²) in [7, 11) is 0. The molecule has 1 aromatic heterocycles. The Hall–Kier alpha value is -2.14. The fourth-order valence-corrected chi connectivity index (χ4v) is 3.01. The maximum Gasteiger partial charge on any atom is 0.327 e. The van der Waals surface area contributed by atoms with E-state index in [2.05, 4.69) is 4.98 Å². The number of hydrogen-bond acceptors (Lipinski definition) is 3. The molecule has 0 bridgehead atoms. The van der Waals surface area contributed by atoms with Gasteiger partial charge in [0.1, 0.15) is 11.7 Å². The summed E-state index contributed by atoms with van der Waals surface area (Å²) in [5, 5.41) is 1.28. The van der Waals surface area contributed by atoms with Gasteiger partial charge in [-0.25, -0.2) is 9.78 Å². The Morgan fingerprint density at radius 1 is 1.23 bits per heavy atom. The van der Waals surface area contributed by atoms with Crippen LogP contribution < -0.4 is 0 Å². The van der Waals surface area contributed by atoms with Gasteiger partial charge in [0.2, 0.25) is 0 Å². The van der Waals surface area contributed by atoms with E-state index >= 15 is 0 Å². The molecule has 1 saturated heterocycles. The standard InChI is InChI=1S/C16H14ClN3O2/c17-15-11(7-10-3-1-2-4-13(10)18-15)8-20-14(21)9-19(16(20)22)12-5-6-12/h1-4,7,12H,5-6,8-9H2. The van der Waals surface area contributed by atoms with Crippen molar-refractivity contribution in [3.63, 3.8) is 0 Å². The topological polar surface area (TPSA) is 53.5 Å². The third-order valence-corrected chi connectivity index (χ3v) is 4.48. The maximum absolute atomic E-state index is 12.3. The largest absolute Gasteiger partial charge is 0.327 e. The molecule has 6 heteroatoms. The second kappa shape index (κ2) is 4.95. The van der Waals surface area contributed by atoms with Gasteiger partial charge in [0, 0.05) is 17.0 Å². The molecule has 0 spiro atoms.